The van der Waals surface area contributed by atoms with E-state index in [4.69, 9.17) is 9.47 Å². The van der Waals surface area contributed by atoms with Crippen LogP contribution < -0.4 is 4.74 Å². The molecule has 0 aliphatic rings. The first kappa shape index (κ1) is 23.9. The number of fused-ring (bicyclic) bond motifs is 1. The molecule has 3 rings (SSSR count). The average Bonchev–Trinajstić information content (AvgIpc) is 3.17. The highest BCUT2D eigenvalue weighted by Gasteiger charge is 2.20. The predicted octanol–water partition coefficient (Wildman–Crippen LogP) is 3.21. The van der Waals surface area contributed by atoms with Gasteiger partial charge in [-0.05, 0) is 39.1 Å². The Balaban J connectivity index is 1.87. The number of benzene rings is 1. The number of esters is 1. The molecule has 0 saturated carbocycles. The molecule has 0 aliphatic heterocycles. The maximum atomic E-state index is 13.4. The van der Waals surface area contributed by atoms with Crippen LogP contribution in [0.25, 0.3) is 11.0 Å². The number of rotatable bonds is 10. The second kappa shape index (κ2) is 10.7. The first-order valence-corrected chi connectivity index (χ1v) is 11.9. The average molecular weight is 459 g/mol. The molecule has 0 radical (unpaired) electrons. The number of nitrogens with zero attached hydrogens (tertiary/aromatic N) is 4. The summed E-state index contributed by atoms with van der Waals surface area (Å²) in [5.41, 5.74) is 3.92. The highest BCUT2D eigenvalue weighted by atomic mass is 32.2. The van der Waals surface area contributed by atoms with Gasteiger partial charge in [-0.15, -0.1) is 0 Å². The number of aromatic nitrogens is 3. The smallest absolute Gasteiger partial charge is 0.321 e. The Labute approximate surface area is 191 Å². The van der Waals surface area contributed by atoms with E-state index in [0.29, 0.717) is 16.4 Å². The van der Waals surface area contributed by atoms with Crippen LogP contribution in [0.2, 0.25) is 0 Å². The fraction of sp³-hybridized carbons (Fsp3) is 0.435. The molecule has 0 fully saturated rings. The molecule has 1 atom stereocenters. The first-order valence-electron chi connectivity index (χ1n) is 10.6. The third-order valence-corrected chi connectivity index (χ3v) is 6.70. The Morgan fingerprint density at radius 3 is 2.59 bits per heavy atom. The number of methoxy groups -OCH3 is 1. The minimum Gasteiger partial charge on any atom is -0.496 e. The molecule has 0 spiro atoms. The van der Waals surface area contributed by atoms with E-state index in [-0.39, 0.29) is 25.0 Å². The second-order valence-corrected chi connectivity index (χ2v) is 8.80. The first-order chi connectivity index (χ1) is 15.4. The van der Waals surface area contributed by atoms with Crippen molar-refractivity contribution in [2.45, 2.75) is 45.3 Å². The van der Waals surface area contributed by atoms with Crippen molar-refractivity contribution in [3.8, 4) is 5.75 Å². The standard InChI is InChI=1S/C23H30N4O4S/c1-6-26(7-2)13-21(28)31-15-27-20-11-9-8-10-18(20)25-23(27)32(29)14-19-17(4)22(30-5)16(3)12-24-19/h8-12H,6-7,13-15H2,1-5H3. The fourth-order valence-electron chi connectivity index (χ4n) is 3.57. The van der Waals surface area contributed by atoms with Crippen molar-refractivity contribution in [1.29, 1.82) is 0 Å². The van der Waals surface area contributed by atoms with Crippen LogP contribution in [0.1, 0.15) is 30.7 Å². The lowest BCUT2D eigenvalue weighted by Crippen LogP contribution is -2.31. The SMILES string of the molecule is CCN(CC)CC(=O)OCn1c(S(=O)Cc2ncc(C)c(OC)c2C)nc2ccccc21. The molecule has 0 amide bonds. The number of likely N-dealkylation sites (N-methyl/N-ethyl adjacent to an activating group) is 1. The molecule has 2 aromatic heterocycles. The Morgan fingerprint density at radius 1 is 1.19 bits per heavy atom. The number of carbonyl (C=O) groups excluding carboxylic acids is 1. The van der Waals surface area contributed by atoms with Crippen LogP contribution in [-0.2, 0) is 32.8 Å². The summed E-state index contributed by atoms with van der Waals surface area (Å²) in [5, 5.41) is 0.350. The topological polar surface area (TPSA) is 86.6 Å². The molecule has 0 saturated heterocycles. The fourth-order valence-corrected chi connectivity index (χ4v) is 4.83. The number of pyridine rings is 1. The monoisotopic (exact) mass is 458 g/mol. The summed E-state index contributed by atoms with van der Waals surface area (Å²) < 4.78 is 26.0. The summed E-state index contributed by atoms with van der Waals surface area (Å²) in [6.45, 7) is 9.52. The largest absolute Gasteiger partial charge is 0.496 e. The summed E-state index contributed by atoms with van der Waals surface area (Å²) in [7, 11) is 0.111. The Morgan fingerprint density at radius 2 is 1.91 bits per heavy atom. The van der Waals surface area contributed by atoms with Gasteiger partial charge in [-0.1, -0.05) is 26.0 Å². The zero-order chi connectivity index (χ0) is 23.3. The van der Waals surface area contributed by atoms with Crippen LogP contribution in [0.5, 0.6) is 5.75 Å². The summed E-state index contributed by atoms with van der Waals surface area (Å²) in [5.74, 6) is 0.592. The number of ether oxygens (including phenoxy) is 2. The number of hydrogen-bond acceptors (Lipinski definition) is 7. The van der Waals surface area contributed by atoms with E-state index in [2.05, 4.69) is 9.97 Å². The van der Waals surface area contributed by atoms with Gasteiger partial charge in [0, 0.05) is 17.3 Å². The van der Waals surface area contributed by atoms with E-state index >= 15 is 0 Å². The quantitative estimate of drug-likeness (QED) is 0.431. The van der Waals surface area contributed by atoms with Crippen molar-refractivity contribution in [2.75, 3.05) is 26.7 Å². The molecule has 172 valence electrons. The number of hydrogen-bond donors (Lipinski definition) is 0. The third kappa shape index (κ3) is 5.16. The van der Waals surface area contributed by atoms with E-state index < -0.39 is 10.8 Å². The lowest BCUT2D eigenvalue weighted by Gasteiger charge is -2.17. The van der Waals surface area contributed by atoms with Crippen molar-refractivity contribution < 1.29 is 18.5 Å². The molecule has 32 heavy (non-hydrogen) atoms. The van der Waals surface area contributed by atoms with Crippen LogP contribution in [0, 0.1) is 13.8 Å². The molecular formula is C23H30N4O4S. The summed E-state index contributed by atoms with van der Waals surface area (Å²) in [4.78, 5) is 23.3. The molecular weight excluding hydrogens is 428 g/mol. The molecule has 1 unspecified atom stereocenters. The minimum absolute atomic E-state index is 0.0503. The van der Waals surface area contributed by atoms with Crippen molar-refractivity contribution in [2.24, 2.45) is 0 Å². The molecule has 2 heterocycles. The summed E-state index contributed by atoms with van der Waals surface area (Å²) >= 11 is 0. The minimum atomic E-state index is -1.50. The predicted molar refractivity (Wildman–Crippen MR) is 124 cm³/mol. The number of carbonyl (C=O) groups is 1. The van der Waals surface area contributed by atoms with E-state index in [9.17, 15) is 9.00 Å². The normalized spacial score (nSPS) is 12.3. The third-order valence-electron chi connectivity index (χ3n) is 5.44. The van der Waals surface area contributed by atoms with Gasteiger partial charge in [-0.25, -0.2) is 4.98 Å². The van der Waals surface area contributed by atoms with Gasteiger partial charge in [0.25, 0.3) is 0 Å². The lowest BCUT2D eigenvalue weighted by atomic mass is 10.1. The van der Waals surface area contributed by atoms with Gasteiger partial charge in [0.2, 0.25) is 5.16 Å². The molecule has 9 heteroatoms. The van der Waals surface area contributed by atoms with Gasteiger partial charge in [-0.3, -0.25) is 23.5 Å². The number of aryl methyl sites for hydroxylation is 1. The van der Waals surface area contributed by atoms with Crippen molar-refractivity contribution in [3.63, 3.8) is 0 Å². The molecule has 3 aromatic rings. The van der Waals surface area contributed by atoms with E-state index in [1.54, 1.807) is 17.9 Å². The second-order valence-electron chi connectivity index (χ2n) is 7.45. The van der Waals surface area contributed by atoms with Crippen LogP contribution >= 0.6 is 0 Å². The molecule has 8 nitrogen and oxygen atoms in total. The molecule has 0 bridgehead atoms. The van der Waals surface area contributed by atoms with E-state index in [0.717, 1.165) is 35.5 Å². The van der Waals surface area contributed by atoms with Gasteiger partial charge >= 0.3 is 5.97 Å². The zero-order valence-electron chi connectivity index (χ0n) is 19.3. The maximum absolute atomic E-state index is 13.4. The van der Waals surface area contributed by atoms with E-state index in [1.807, 2.05) is 56.9 Å². The maximum Gasteiger partial charge on any atom is 0.321 e. The summed E-state index contributed by atoms with van der Waals surface area (Å²) in [6, 6.07) is 7.47. The molecule has 0 N–H and O–H groups in total. The van der Waals surface area contributed by atoms with Crippen LogP contribution in [0.3, 0.4) is 0 Å². The van der Waals surface area contributed by atoms with Crippen LogP contribution in [0.4, 0.5) is 0 Å². The van der Waals surface area contributed by atoms with Gasteiger partial charge in [0.1, 0.15) is 5.75 Å². The summed E-state index contributed by atoms with van der Waals surface area (Å²) in [6.07, 6.45) is 1.72. The Kier molecular flexibility index (Phi) is 7.98. The van der Waals surface area contributed by atoms with Crippen LogP contribution in [-0.4, -0.2) is 56.4 Å². The highest BCUT2D eigenvalue weighted by Crippen LogP contribution is 2.26. The van der Waals surface area contributed by atoms with Gasteiger partial charge in [0.05, 0.1) is 46.9 Å². The van der Waals surface area contributed by atoms with Gasteiger partial charge in [0.15, 0.2) is 6.73 Å². The number of para-hydroxylation sites is 2. The van der Waals surface area contributed by atoms with Crippen molar-refractivity contribution in [1.82, 2.24) is 19.4 Å². The van der Waals surface area contributed by atoms with Gasteiger partial charge in [-0.2, -0.15) is 0 Å². The molecule has 0 aliphatic carbocycles. The van der Waals surface area contributed by atoms with E-state index in [1.165, 1.54) is 0 Å². The molecule has 1 aromatic carbocycles. The Hall–Kier alpha value is -2.78. The van der Waals surface area contributed by atoms with Crippen molar-refractivity contribution in [3.05, 3.63) is 47.3 Å². The highest BCUT2D eigenvalue weighted by molar-refractivity contribution is 7.84. The van der Waals surface area contributed by atoms with Gasteiger partial charge < -0.3 is 9.47 Å². The lowest BCUT2D eigenvalue weighted by molar-refractivity contribution is -0.148. The van der Waals surface area contributed by atoms with Crippen LogP contribution in [0.15, 0.2) is 35.6 Å². The zero-order valence-corrected chi connectivity index (χ0v) is 20.1. The number of imidazole rings is 1. The van der Waals surface area contributed by atoms with Crippen molar-refractivity contribution >= 4 is 27.8 Å². The Bertz CT molecular complexity index is 1120.